The molecule has 0 fully saturated rings. The summed E-state index contributed by atoms with van der Waals surface area (Å²) in [4.78, 5) is 11.5. The molecule has 31 heavy (non-hydrogen) atoms. The van der Waals surface area contributed by atoms with Crippen LogP contribution in [0, 0.1) is 5.82 Å². The van der Waals surface area contributed by atoms with Crippen LogP contribution in [-0.4, -0.2) is 52.9 Å². The number of carboxylic acids is 1. The Labute approximate surface area is 174 Å². The van der Waals surface area contributed by atoms with E-state index in [0.717, 1.165) is 24.3 Å². The Kier molecular flexibility index (Phi) is 6.97. The van der Waals surface area contributed by atoms with Crippen molar-refractivity contribution in [1.29, 1.82) is 0 Å². The third-order valence-corrected chi connectivity index (χ3v) is 3.28. The number of carboxylic acid groups (broad SMARTS) is 1. The Bertz CT molecular complexity index is 964. The highest BCUT2D eigenvalue weighted by Crippen LogP contribution is 2.40. The van der Waals surface area contributed by atoms with Crippen molar-refractivity contribution in [1.82, 2.24) is 0 Å². The largest absolute Gasteiger partial charge is 0.573 e. The molecule has 2 rings (SSSR count). The Hall–Kier alpha value is -3.12. The van der Waals surface area contributed by atoms with Gasteiger partial charge in [0.2, 0.25) is 0 Å². The number of alkyl halides is 5. The van der Waals surface area contributed by atoms with Gasteiger partial charge in [0.15, 0.2) is 23.1 Å². The first-order valence-corrected chi connectivity index (χ1v) is 8.43. The van der Waals surface area contributed by atoms with Gasteiger partial charge in [-0.1, -0.05) is 0 Å². The van der Waals surface area contributed by atoms with Crippen molar-refractivity contribution in [3.8, 4) is 28.7 Å². The monoisotopic (exact) mass is 448 g/mol. The molecule has 164 valence electrons. The standard InChI is InChI=1S/C16H13B3F6O6/c17-15(18,19)31-10-5-6(30-16(23,24)25)1-2-7(10)28-8-3-4-9(29-14(21)22)12(20)11(8)13(26)27/h1-5,14H,17-19H2,(H,26,27). The number of hydrogen-bond acceptors (Lipinski definition) is 5. The van der Waals surface area contributed by atoms with E-state index in [4.69, 9.17) is 9.47 Å². The molecule has 0 heterocycles. The van der Waals surface area contributed by atoms with Crippen LogP contribution in [0.3, 0.4) is 0 Å². The summed E-state index contributed by atoms with van der Waals surface area (Å²) in [5.74, 6) is -6.35. The fraction of sp³-hybridized carbons (Fsp3) is 0.188. The highest BCUT2D eigenvalue weighted by molar-refractivity contribution is 6.58. The van der Waals surface area contributed by atoms with Gasteiger partial charge in [0.25, 0.3) is 0 Å². The summed E-state index contributed by atoms with van der Waals surface area (Å²) >= 11 is 0. The van der Waals surface area contributed by atoms with E-state index in [-0.39, 0.29) is 11.5 Å². The minimum absolute atomic E-state index is 0.279. The number of rotatable bonds is 8. The van der Waals surface area contributed by atoms with Gasteiger partial charge < -0.3 is 24.1 Å². The van der Waals surface area contributed by atoms with Crippen molar-refractivity contribution in [3.63, 3.8) is 0 Å². The normalized spacial score (nSPS) is 11.8. The number of carbonyl (C=O) groups is 1. The van der Waals surface area contributed by atoms with Crippen molar-refractivity contribution >= 4 is 29.5 Å². The number of benzene rings is 2. The highest BCUT2D eigenvalue weighted by atomic mass is 19.4. The molecule has 15 heteroatoms. The maximum absolute atomic E-state index is 14.4. The fourth-order valence-electron chi connectivity index (χ4n) is 2.31. The molecular weight excluding hydrogens is 435 g/mol. The number of hydrogen-bond donors (Lipinski definition) is 1. The van der Waals surface area contributed by atoms with Crippen molar-refractivity contribution in [3.05, 3.63) is 41.7 Å². The second kappa shape index (κ2) is 8.94. The van der Waals surface area contributed by atoms with Gasteiger partial charge in [-0.2, -0.15) is 8.78 Å². The number of aromatic carboxylic acids is 1. The fourth-order valence-corrected chi connectivity index (χ4v) is 2.31. The van der Waals surface area contributed by atoms with E-state index in [9.17, 15) is 36.2 Å². The van der Waals surface area contributed by atoms with E-state index in [1.54, 1.807) is 23.5 Å². The first-order valence-electron chi connectivity index (χ1n) is 8.43. The van der Waals surface area contributed by atoms with Crippen LogP contribution in [0.15, 0.2) is 30.3 Å². The van der Waals surface area contributed by atoms with Crippen molar-refractivity contribution < 1.29 is 55.2 Å². The predicted octanol–water partition coefficient (Wildman–Crippen LogP) is 1.71. The number of ether oxygens (including phenoxy) is 4. The van der Waals surface area contributed by atoms with Gasteiger partial charge in [-0.25, -0.2) is 9.18 Å². The smallest absolute Gasteiger partial charge is 0.510 e. The summed E-state index contributed by atoms with van der Waals surface area (Å²) in [6, 6.07) is 4.26. The number of halogens is 6. The van der Waals surface area contributed by atoms with Crippen LogP contribution in [0.1, 0.15) is 10.4 Å². The summed E-state index contributed by atoms with van der Waals surface area (Å²) in [7, 11) is 4.73. The topological polar surface area (TPSA) is 74.2 Å². The highest BCUT2D eigenvalue weighted by Gasteiger charge is 2.32. The molecule has 0 radical (unpaired) electrons. The van der Waals surface area contributed by atoms with Crippen LogP contribution in [0.25, 0.3) is 0 Å². The third-order valence-electron chi connectivity index (χ3n) is 3.28. The van der Waals surface area contributed by atoms with Crippen molar-refractivity contribution in [2.75, 3.05) is 0 Å². The maximum Gasteiger partial charge on any atom is 0.573 e. The Morgan fingerprint density at radius 3 is 2.03 bits per heavy atom. The van der Waals surface area contributed by atoms with Gasteiger partial charge in [-0.05, 0) is 24.3 Å². The summed E-state index contributed by atoms with van der Waals surface area (Å²) < 4.78 is 95.2. The lowest BCUT2D eigenvalue weighted by atomic mass is 9.52. The zero-order valence-electron chi connectivity index (χ0n) is 16.2. The average Bonchev–Trinajstić information content (AvgIpc) is 2.56. The molecule has 0 aromatic heterocycles. The quantitative estimate of drug-likeness (QED) is 0.490. The van der Waals surface area contributed by atoms with Crippen LogP contribution in [0.4, 0.5) is 26.3 Å². The summed E-state index contributed by atoms with van der Waals surface area (Å²) in [6.45, 7) is -3.41. The molecule has 0 unspecified atom stereocenters. The molecule has 6 nitrogen and oxygen atoms in total. The lowest BCUT2D eigenvalue weighted by Crippen LogP contribution is -2.37. The zero-order chi connectivity index (χ0) is 23.6. The van der Waals surface area contributed by atoms with Gasteiger partial charge in [0, 0.05) is 11.4 Å². The summed E-state index contributed by atoms with van der Waals surface area (Å²) in [5.41, 5.74) is -1.13. The molecule has 0 atom stereocenters. The van der Waals surface area contributed by atoms with E-state index < -0.39 is 52.9 Å². The first-order chi connectivity index (χ1) is 14.2. The molecule has 0 aliphatic rings. The van der Waals surface area contributed by atoms with Crippen LogP contribution in [0.5, 0.6) is 28.7 Å². The van der Waals surface area contributed by atoms with Gasteiger partial charge in [-0.15, -0.1) is 13.2 Å². The Morgan fingerprint density at radius 2 is 1.52 bits per heavy atom. The van der Waals surface area contributed by atoms with E-state index in [1.165, 1.54) is 0 Å². The van der Waals surface area contributed by atoms with Gasteiger partial charge in [-0.3, -0.25) is 0 Å². The van der Waals surface area contributed by atoms with E-state index in [0.29, 0.717) is 6.07 Å². The lowest BCUT2D eigenvalue weighted by molar-refractivity contribution is -0.274. The second-order valence-electron chi connectivity index (χ2n) is 6.91. The molecule has 0 aliphatic heterocycles. The van der Waals surface area contributed by atoms with Gasteiger partial charge in [0.05, 0.1) is 0 Å². The second-order valence-corrected chi connectivity index (χ2v) is 6.91. The molecule has 0 amide bonds. The molecular formula is C16H13B3F6O6. The molecule has 2 aromatic carbocycles. The molecule has 0 bridgehead atoms. The van der Waals surface area contributed by atoms with Crippen LogP contribution in [0.2, 0.25) is 0 Å². The van der Waals surface area contributed by atoms with Crippen molar-refractivity contribution in [2.45, 2.75) is 18.3 Å². The molecule has 1 N–H and O–H groups in total. The molecule has 0 spiro atoms. The Balaban J connectivity index is 2.51. The lowest BCUT2D eigenvalue weighted by Gasteiger charge is -2.24. The first kappa shape index (κ1) is 24.2. The van der Waals surface area contributed by atoms with E-state index in [2.05, 4.69) is 9.47 Å². The maximum atomic E-state index is 14.4. The molecule has 0 saturated heterocycles. The SMILES string of the molecule is BC(B)(B)Oc1cc(OC(F)(F)F)ccc1Oc1ccc(OC(F)F)c(F)c1C(=O)O. The summed E-state index contributed by atoms with van der Waals surface area (Å²) in [6.07, 6.45) is -4.98. The van der Waals surface area contributed by atoms with Crippen LogP contribution >= 0.6 is 0 Å². The average molecular weight is 448 g/mol. The molecule has 2 aromatic rings. The molecule has 0 saturated carbocycles. The minimum Gasteiger partial charge on any atom is -0.510 e. The summed E-state index contributed by atoms with van der Waals surface area (Å²) in [5, 5.41) is 8.35. The van der Waals surface area contributed by atoms with Crippen LogP contribution in [-0.2, 0) is 0 Å². The van der Waals surface area contributed by atoms with Crippen molar-refractivity contribution in [2.24, 2.45) is 0 Å². The van der Waals surface area contributed by atoms with Gasteiger partial charge in [0.1, 0.15) is 40.6 Å². The van der Waals surface area contributed by atoms with E-state index in [1.807, 2.05) is 0 Å². The minimum atomic E-state index is -4.98. The van der Waals surface area contributed by atoms with Crippen LogP contribution < -0.4 is 18.9 Å². The predicted molar refractivity (Wildman–Crippen MR) is 102 cm³/mol. The third kappa shape index (κ3) is 6.97. The zero-order valence-corrected chi connectivity index (χ0v) is 16.2. The van der Waals surface area contributed by atoms with Gasteiger partial charge >= 0.3 is 18.9 Å². The Morgan fingerprint density at radius 1 is 0.935 bits per heavy atom. The van der Waals surface area contributed by atoms with E-state index >= 15 is 0 Å². The molecule has 0 aliphatic carbocycles.